The third-order valence-corrected chi connectivity index (χ3v) is 5.69. The molecule has 4 rings (SSSR count). The number of carbonyl (C=O) groups excluding carboxylic acids is 1. The lowest BCUT2D eigenvalue weighted by Gasteiger charge is -2.34. The van der Waals surface area contributed by atoms with E-state index in [-0.39, 0.29) is 11.7 Å². The minimum Gasteiger partial charge on any atom is -0.323 e. The lowest BCUT2D eigenvalue weighted by atomic mass is 9.70. The predicted molar refractivity (Wildman–Crippen MR) is 97.2 cm³/mol. The van der Waals surface area contributed by atoms with Crippen LogP contribution in [-0.4, -0.2) is 12.5 Å². The normalized spacial score (nSPS) is 22.0. The van der Waals surface area contributed by atoms with E-state index in [1.54, 1.807) is 6.07 Å². The number of halogens is 1. The molecule has 1 amide bonds. The van der Waals surface area contributed by atoms with Crippen molar-refractivity contribution in [1.29, 1.82) is 0 Å². The lowest BCUT2D eigenvalue weighted by Crippen LogP contribution is -2.40. The topological polar surface area (TPSA) is 41.1 Å². The van der Waals surface area contributed by atoms with Crippen LogP contribution in [0.15, 0.2) is 36.4 Å². The van der Waals surface area contributed by atoms with Crippen molar-refractivity contribution in [3.63, 3.8) is 0 Å². The number of anilines is 1. The molecule has 3 nitrogen and oxygen atoms in total. The highest BCUT2D eigenvalue weighted by Gasteiger charge is 2.39. The smallest absolute Gasteiger partial charge is 0.234 e. The minimum absolute atomic E-state index is 0.118. The van der Waals surface area contributed by atoms with Gasteiger partial charge in [0.2, 0.25) is 5.91 Å². The molecule has 0 aromatic heterocycles. The summed E-state index contributed by atoms with van der Waals surface area (Å²) in [7, 11) is 0. The fourth-order valence-electron chi connectivity index (χ4n) is 4.17. The van der Waals surface area contributed by atoms with Gasteiger partial charge in [0, 0.05) is 6.54 Å². The van der Waals surface area contributed by atoms with Crippen LogP contribution in [0.3, 0.4) is 0 Å². The van der Waals surface area contributed by atoms with Gasteiger partial charge in [0.15, 0.2) is 0 Å². The molecule has 4 heteroatoms. The zero-order valence-corrected chi connectivity index (χ0v) is 14.5. The molecule has 2 aromatic rings. The Morgan fingerprint density at radius 2 is 2.00 bits per heavy atom. The summed E-state index contributed by atoms with van der Waals surface area (Å²) in [4.78, 5) is 13.1. The molecule has 0 bridgehead atoms. The highest BCUT2D eigenvalue weighted by Crippen LogP contribution is 2.38. The number of aryl methyl sites for hydroxylation is 1. The zero-order valence-electron chi connectivity index (χ0n) is 14.5. The van der Waals surface area contributed by atoms with Gasteiger partial charge in [0.1, 0.15) is 5.82 Å². The monoisotopic (exact) mass is 338 g/mol. The summed E-state index contributed by atoms with van der Waals surface area (Å²) in [5, 5.41) is 6.12. The number of amides is 1. The summed E-state index contributed by atoms with van der Waals surface area (Å²) in [6.45, 7) is 3.43. The van der Waals surface area contributed by atoms with Crippen molar-refractivity contribution in [1.82, 2.24) is 5.32 Å². The van der Waals surface area contributed by atoms with Crippen molar-refractivity contribution in [3.05, 3.63) is 64.5 Å². The molecule has 1 heterocycles. The Bertz CT molecular complexity index is 833. The molecule has 130 valence electrons. The first-order valence-electron chi connectivity index (χ1n) is 9.00. The van der Waals surface area contributed by atoms with Crippen LogP contribution < -0.4 is 10.6 Å². The van der Waals surface area contributed by atoms with Crippen LogP contribution in [0.25, 0.3) is 0 Å². The third kappa shape index (κ3) is 2.74. The maximum atomic E-state index is 14.9. The van der Waals surface area contributed by atoms with E-state index in [0.29, 0.717) is 18.7 Å². The average molecular weight is 338 g/mol. The van der Waals surface area contributed by atoms with Crippen molar-refractivity contribution < 1.29 is 9.18 Å². The lowest BCUT2D eigenvalue weighted by molar-refractivity contribution is -0.121. The van der Waals surface area contributed by atoms with E-state index >= 15 is 0 Å². The first kappa shape index (κ1) is 16.3. The Balaban J connectivity index is 1.65. The number of nitrogens with one attached hydrogen (secondary N) is 2. The molecule has 0 saturated heterocycles. The summed E-state index contributed by atoms with van der Waals surface area (Å²) in [5.41, 5.74) is 3.69. The van der Waals surface area contributed by atoms with Gasteiger partial charge in [-0.2, -0.15) is 0 Å². The maximum absolute atomic E-state index is 14.9. The molecule has 2 aliphatic rings. The maximum Gasteiger partial charge on any atom is 0.234 e. The fraction of sp³-hybridized carbons (Fsp3) is 0.381. The van der Waals surface area contributed by atoms with Crippen molar-refractivity contribution in [2.45, 2.75) is 44.6 Å². The fourth-order valence-corrected chi connectivity index (χ4v) is 4.17. The van der Waals surface area contributed by atoms with Crippen LogP contribution >= 0.6 is 0 Å². The van der Waals surface area contributed by atoms with Crippen molar-refractivity contribution in [2.75, 3.05) is 11.9 Å². The highest BCUT2D eigenvalue weighted by molar-refractivity contribution is 5.99. The predicted octanol–water partition coefficient (Wildman–Crippen LogP) is 3.70. The van der Waals surface area contributed by atoms with E-state index < -0.39 is 5.41 Å². The Kier molecular flexibility index (Phi) is 4.08. The molecule has 25 heavy (non-hydrogen) atoms. The van der Waals surface area contributed by atoms with Gasteiger partial charge in [0.25, 0.3) is 0 Å². The van der Waals surface area contributed by atoms with Crippen LogP contribution in [0.2, 0.25) is 0 Å². The van der Waals surface area contributed by atoms with Gasteiger partial charge in [-0.1, -0.05) is 30.3 Å². The Morgan fingerprint density at radius 3 is 2.88 bits per heavy atom. The molecule has 0 saturated carbocycles. The SMILES string of the molecule is CC1(C(=O)Nc2ccc3c(c2F)CCNC3)CCCc2ccccc21. The molecule has 1 atom stereocenters. The van der Waals surface area contributed by atoms with E-state index in [4.69, 9.17) is 0 Å². The summed E-state index contributed by atoms with van der Waals surface area (Å²) < 4.78 is 14.9. The van der Waals surface area contributed by atoms with E-state index in [1.807, 2.05) is 31.2 Å². The van der Waals surface area contributed by atoms with E-state index in [0.717, 1.165) is 42.5 Å². The minimum atomic E-state index is -0.612. The van der Waals surface area contributed by atoms with E-state index in [9.17, 15) is 9.18 Å². The molecule has 0 fully saturated rings. The van der Waals surface area contributed by atoms with Crippen molar-refractivity contribution in [2.24, 2.45) is 0 Å². The van der Waals surface area contributed by atoms with Crippen LogP contribution in [0.1, 0.15) is 42.0 Å². The number of hydrogen-bond acceptors (Lipinski definition) is 2. The second-order valence-corrected chi connectivity index (χ2v) is 7.29. The van der Waals surface area contributed by atoms with Crippen LogP contribution in [0.5, 0.6) is 0 Å². The molecular weight excluding hydrogens is 315 g/mol. The van der Waals surface area contributed by atoms with Crippen LogP contribution in [0.4, 0.5) is 10.1 Å². The van der Waals surface area contributed by atoms with Gasteiger partial charge in [-0.3, -0.25) is 4.79 Å². The molecular formula is C21H23FN2O. The largest absolute Gasteiger partial charge is 0.323 e. The molecule has 1 unspecified atom stereocenters. The third-order valence-electron chi connectivity index (χ3n) is 5.69. The van der Waals surface area contributed by atoms with Gasteiger partial charge >= 0.3 is 0 Å². The standard InChI is InChI=1S/C21H23FN2O/c1-21(11-4-6-14-5-2-3-7-17(14)21)20(25)24-18-9-8-15-13-23-12-10-16(15)19(18)22/h2-3,5,7-9,23H,4,6,10-13H2,1H3,(H,24,25). The molecule has 0 radical (unpaired) electrons. The van der Waals surface area contributed by atoms with Crippen molar-refractivity contribution in [3.8, 4) is 0 Å². The van der Waals surface area contributed by atoms with Gasteiger partial charge < -0.3 is 10.6 Å². The first-order chi connectivity index (χ1) is 12.1. The number of fused-ring (bicyclic) bond motifs is 2. The van der Waals surface area contributed by atoms with Gasteiger partial charge in [-0.15, -0.1) is 0 Å². The zero-order chi connectivity index (χ0) is 17.4. The average Bonchev–Trinajstić information content (AvgIpc) is 2.64. The summed E-state index contributed by atoms with van der Waals surface area (Å²) in [5.74, 6) is -0.396. The molecule has 0 spiro atoms. The summed E-state index contributed by atoms with van der Waals surface area (Å²) >= 11 is 0. The molecule has 2 aromatic carbocycles. The highest BCUT2D eigenvalue weighted by atomic mass is 19.1. The molecule has 1 aliphatic heterocycles. The molecule has 2 N–H and O–H groups in total. The van der Waals surface area contributed by atoms with Crippen molar-refractivity contribution >= 4 is 11.6 Å². The van der Waals surface area contributed by atoms with Gasteiger partial charge in [-0.25, -0.2) is 4.39 Å². The van der Waals surface area contributed by atoms with Gasteiger partial charge in [0.05, 0.1) is 11.1 Å². The van der Waals surface area contributed by atoms with E-state index in [1.165, 1.54) is 5.56 Å². The Morgan fingerprint density at radius 1 is 1.16 bits per heavy atom. The quantitative estimate of drug-likeness (QED) is 0.876. The van der Waals surface area contributed by atoms with Crippen LogP contribution in [0, 0.1) is 5.82 Å². The summed E-state index contributed by atoms with van der Waals surface area (Å²) in [6.07, 6.45) is 3.41. The summed E-state index contributed by atoms with van der Waals surface area (Å²) in [6, 6.07) is 11.7. The second-order valence-electron chi connectivity index (χ2n) is 7.29. The first-order valence-corrected chi connectivity index (χ1v) is 9.00. The Hall–Kier alpha value is -2.20. The van der Waals surface area contributed by atoms with Gasteiger partial charge in [-0.05, 0) is 67.5 Å². The number of hydrogen-bond donors (Lipinski definition) is 2. The number of benzene rings is 2. The van der Waals surface area contributed by atoms with Crippen LogP contribution in [-0.2, 0) is 29.6 Å². The Labute approximate surface area is 147 Å². The number of rotatable bonds is 2. The molecule has 1 aliphatic carbocycles. The number of carbonyl (C=O) groups is 1. The van der Waals surface area contributed by atoms with E-state index in [2.05, 4.69) is 16.7 Å². The second kappa shape index (κ2) is 6.26.